The molecule has 0 saturated heterocycles. The van der Waals surface area contributed by atoms with Gasteiger partial charge in [0.05, 0.1) is 11.0 Å². The molecule has 4 rings (SSSR count). The van der Waals surface area contributed by atoms with Gasteiger partial charge in [-0.05, 0) is 36.8 Å². The summed E-state index contributed by atoms with van der Waals surface area (Å²) in [5.41, 5.74) is 2.55. The van der Waals surface area contributed by atoms with Gasteiger partial charge >= 0.3 is 0 Å². The lowest BCUT2D eigenvalue weighted by molar-refractivity contribution is -0.130. The van der Waals surface area contributed by atoms with Crippen molar-refractivity contribution in [3.8, 4) is 11.5 Å². The molecular formula is C22H24N4O4. The van der Waals surface area contributed by atoms with Crippen LogP contribution in [0.1, 0.15) is 19.2 Å². The van der Waals surface area contributed by atoms with Crippen molar-refractivity contribution < 1.29 is 19.1 Å². The van der Waals surface area contributed by atoms with Crippen LogP contribution in [-0.4, -0.2) is 40.6 Å². The van der Waals surface area contributed by atoms with E-state index in [1.54, 1.807) is 6.07 Å². The summed E-state index contributed by atoms with van der Waals surface area (Å²) in [5, 5.41) is 5.68. The van der Waals surface area contributed by atoms with Gasteiger partial charge in [0.15, 0.2) is 11.5 Å². The lowest BCUT2D eigenvalue weighted by Gasteiger charge is -2.25. The molecule has 1 aliphatic rings. The molecule has 2 aromatic carbocycles. The molecule has 0 spiro atoms. The number of carbonyl (C=O) groups excluding carboxylic acids is 2. The number of amides is 2. The largest absolute Gasteiger partial charge is 0.485 e. The third-order valence-corrected chi connectivity index (χ3v) is 4.97. The summed E-state index contributed by atoms with van der Waals surface area (Å²) in [4.78, 5) is 28.3. The van der Waals surface area contributed by atoms with Gasteiger partial charge in [0, 0.05) is 32.6 Å². The Kier molecular flexibility index (Phi) is 5.56. The number of hydrogen-bond donors (Lipinski definition) is 2. The molecule has 8 nitrogen and oxygen atoms in total. The number of para-hydroxylation sites is 2. The molecule has 0 aliphatic carbocycles. The van der Waals surface area contributed by atoms with E-state index in [0.717, 1.165) is 29.0 Å². The van der Waals surface area contributed by atoms with Crippen LogP contribution in [-0.2, 0) is 23.1 Å². The smallest absolute Gasteiger partial charge is 0.264 e. The Balaban J connectivity index is 1.30. The Bertz CT molecular complexity index is 1090. The average molecular weight is 408 g/mol. The summed E-state index contributed by atoms with van der Waals surface area (Å²) in [7, 11) is 1.96. The number of hydrogen-bond acceptors (Lipinski definition) is 5. The van der Waals surface area contributed by atoms with Crippen molar-refractivity contribution in [2.45, 2.75) is 25.9 Å². The first-order valence-electron chi connectivity index (χ1n) is 9.90. The van der Waals surface area contributed by atoms with E-state index in [4.69, 9.17) is 9.47 Å². The minimum atomic E-state index is -0.650. The Morgan fingerprint density at radius 1 is 1.20 bits per heavy atom. The molecule has 8 heteroatoms. The highest BCUT2D eigenvalue weighted by Crippen LogP contribution is 2.30. The van der Waals surface area contributed by atoms with Crippen LogP contribution in [0, 0.1) is 0 Å². The molecule has 0 unspecified atom stereocenters. The standard InChI is InChI=1S/C22H24N4O4/c1-14(27)24-15-9-10-17-16(12-15)25-21(26(17)2)8-5-11-23-22(28)20-13-29-18-6-3-4-7-19(18)30-20/h3-4,6-7,9-10,12,20H,5,8,11,13H2,1-2H3,(H,23,28)(H,24,27)/t20-/m1/s1. The number of ether oxygens (including phenoxy) is 2. The number of carbonyl (C=O) groups is 2. The van der Waals surface area contributed by atoms with Crippen LogP contribution in [0.25, 0.3) is 11.0 Å². The van der Waals surface area contributed by atoms with Crippen molar-refractivity contribution in [3.63, 3.8) is 0 Å². The normalized spacial score (nSPS) is 15.1. The zero-order valence-corrected chi connectivity index (χ0v) is 17.0. The van der Waals surface area contributed by atoms with E-state index in [1.165, 1.54) is 6.92 Å². The van der Waals surface area contributed by atoms with Gasteiger partial charge in [0.1, 0.15) is 12.4 Å². The molecule has 0 fully saturated rings. The number of imidazole rings is 1. The zero-order chi connectivity index (χ0) is 21.1. The molecule has 0 radical (unpaired) electrons. The number of benzene rings is 2. The summed E-state index contributed by atoms with van der Waals surface area (Å²) >= 11 is 0. The fourth-order valence-electron chi connectivity index (χ4n) is 3.47. The van der Waals surface area contributed by atoms with Crippen molar-refractivity contribution in [2.75, 3.05) is 18.5 Å². The number of aromatic nitrogens is 2. The molecule has 2 heterocycles. The van der Waals surface area contributed by atoms with Crippen molar-refractivity contribution in [1.29, 1.82) is 0 Å². The SMILES string of the molecule is CC(=O)Nc1ccc2c(c1)nc(CCCNC(=O)[C@H]1COc3ccccc3O1)n2C. The molecule has 2 amide bonds. The first kappa shape index (κ1) is 19.8. The summed E-state index contributed by atoms with van der Waals surface area (Å²) in [5.74, 6) is 1.87. The highest BCUT2D eigenvalue weighted by molar-refractivity contribution is 5.91. The maximum atomic E-state index is 12.4. The predicted octanol–water partition coefficient (Wildman–Crippen LogP) is 2.42. The van der Waals surface area contributed by atoms with Crippen LogP contribution >= 0.6 is 0 Å². The third-order valence-electron chi connectivity index (χ3n) is 4.97. The molecule has 156 valence electrons. The minimum Gasteiger partial charge on any atom is -0.485 e. The van der Waals surface area contributed by atoms with Crippen molar-refractivity contribution >= 4 is 28.5 Å². The molecule has 0 bridgehead atoms. The van der Waals surface area contributed by atoms with Crippen LogP contribution in [0.5, 0.6) is 11.5 Å². The Hall–Kier alpha value is -3.55. The van der Waals surface area contributed by atoms with E-state index < -0.39 is 6.10 Å². The highest BCUT2D eigenvalue weighted by atomic mass is 16.6. The topological polar surface area (TPSA) is 94.5 Å². The summed E-state index contributed by atoms with van der Waals surface area (Å²) in [6.45, 7) is 2.19. The average Bonchev–Trinajstić information content (AvgIpc) is 3.05. The van der Waals surface area contributed by atoms with Gasteiger partial charge in [-0.2, -0.15) is 0 Å². The maximum absolute atomic E-state index is 12.4. The van der Waals surface area contributed by atoms with Gasteiger partial charge in [0.2, 0.25) is 12.0 Å². The molecule has 2 N–H and O–H groups in total. The van der Waals surface area contributed by atoms with Crippen LogP contribution in [0.3, 0.4) is 0 Å². The predicted molar refractivity (Wildman–Crippen MR) is 113 cm³/mol. The third kappa shape index (κ3) is 4.22. The van der Waals surface area contributed by atoms with Crippen LogP contribution in [0.15, 0.2) is 42.5 Å². The molecule has 1 aliphatic heterocycles. The first-order valence-corrected chi connectivity index (χ1v) is 9.90. The van der Waals surface area contributed by atoms with E-state index in [-0.39, 0.29) is 18.4 Å². The second kappa shape index (κ2) is 8.44. The fraction of sp³-hybridized carbons (Fsp3) is 0.318. The fourth-order valence-corrected chi connectivity index (χ4v) is 3.47. The molecule has 1 aromatic heterocycles. The number of nitrogens with zero attached hydrogens (tertiary/aromatic N) is 2. The lowest BCUT2D eigenvalue weighted by atomic mass is 10.2. The number of anilines is 1. The molecule has 3 aromatic rings. The van der Waals surface area contributed by atoms with Crippen molar-refractivity contribution in [3.05, 3.63) is 48.3 Å². The number of fused-ring (bicyclic) bond motifs is 2. The summed E-state index contributed by atoms with van der Waals surface area (Å²) < 4.78 is 13.3. The van der Waals surface area contributed by atoms with E-state index >= 15 is 0 Å². The van der Waals surface area contributed by atoms with Gasteiger partial charge in [-0.3, -0.25) is 9.59 Å². The second-order valence-corrected chi connectivity index (χ2v) is 7.23. The quantitative estimate of drug-likeness (QED) is 0.611. The van der Waals surface area contributed by atoms with E-state index in [0.29, 0.717) is 24.5 Å². The van der Waals surface area contributed by atoms with Gasteiger partial charge < -0.3 is 24.7 Å². The van der Waals surface area contributed by atoms with E-state index in [2.05, 4.69) is 15.6 Å². The maximum Gasteiger partial charge on any atom is 0.264 e. The lowest BCUT2D eigenvalue weighted by Crippen LogP contribution is -2.44. The Morgan fingerprint density at radius 2 is 2.00 bits per heavy atom. The number of nitrogens with one attached hydrogen (secondary N) is 2. The summed E-state index contributed by atoms with van der Waals surface area (Å²) in [6.07, 6.45) is 0.806. The molecular weight excluding hydrogens is 384 g/mol. The zero-order valence-electron chi connectivity index (χ0n) is 17.0. The van der Waals surface area contributed by atoms with E-state index in [1.807, 2.05) is 48.0 Å². The molecule has 30 heavy (non-hydrogen) atoms. The Labute approximate surface area is 174 Å². The van der Waals surface area contributed by atoms with Gasteiger partial charge in [-0.25, -0.2) is 4.98 Å². The van der Waals surface area contributed by atoms with Crippen molar-refractivity contribution in [2.24, 2.45) is 7.05 Å². The summed E-state index contributed by atoms with van der Waals surface area (Å²) in [6, 6.07) is 13.0. The number of aryl methyl sites for hydroxylation is 2. The van der Waals surface area contributed by atoms with Gasteiger partial charge in [-0.15, -0.1) is 0 Å². The van der Waals surface area contributed by atoms with E-state index in [9.17, 15) is 9.59 Å². The Morgan fingerprint density at radius 3 is 2.80 bits per heavy atom. The van der Waals surface area contributed by atoms with Crippen LogP contribution in [0.4, 0.5) is 5.69 Å². The molecule has 1 atom stereocenters. The van der Waals surface area contributed by atoms with Crippen LogP contribution in [0.2, 0.25) is 0 Å². The van der Waals surface area contributed by atoms with Gasteiger partial charge in [-0.1, -0.05) is 12.1 Å². The highest BCUT2D eigenvalue weighted by Gasteiger charge is 2.26. The van der Waals surface area contributed by atoms with Crippen molar-refractivity contribution in [1.82, 2.24) is 14.9 Å². The minimum absolute atomic E-state index is 0.114. The molecule has 0 saturated carbocycles. The first-order chi connectivity index (χ1) is 14.5. The monoisotopic (exact) mass is 408 g/mol. The van der Waals surface area contributed by atoms with Crippen LogP contribution < -0.4 is 20.1 Å². The second-order valence-electron chi connectivity index (χ2n) is 7.23. The van der Waals surface area contributed by atoms with Gasteiger partial charge in [0.25, 0.3) is 5.91 Å². The number of rotatable bonds is 6.